The molecule has 0 fully saturated rings. The first-order chi connectivity index (χ1) is 6.99. The molecule has 0 aromatic carbocycles. The molecule has 2 N–H and O–H groups in total. The average molecular weight is 232 g/mol. The van der Waals surface area contributed by atoms with E-state index in [0.29, 0.717) is 6.42 Å². The van der Waals surface area contributed by atoms with Crippen molar-refractivity contribution in [2.24, 2.45) is 7.05 Å². The Morgan fingerprint density at radius 2 is 2.27 bits per heavy atom. The van der Waals surface area contributed by atoms with E-state index in [-0.39, 0.29) is 11.5 Å². The lowest BCUT2D eigenvalue weighted by atomic mass is 10.3. The quantitative estimate of drug-likeness (QED) is 0.755. The minimum Gasteiger partial charge on any atom is -0.395 e. The van der Waals surface area contributed by atoms with Crippen LogP contribution in [0.2, 0.25) is 0 Å². The lowest BCUT2D eigenvalue weighted by molar-refractivity contribution is 0.254. The maximum absolute atomic E-state index is 11.7. The van der Waals surface area contributed by atoms with Crippen molar-refractivity contribution in [1.82, 2.24) is 9.29 Å². The molecular weight excluding hydrogens is 216 g/mol. The number of aryl methyl sites for hydroxylation is 1. The number of nitrogens with one attached hydrogen (secondary N) is 1. The lowest BCUT2D eigenvalue weighted by Gasteiger charge is -2.13. The Kier molecular flexibility index (Phi) is 3.90. The standard InChI is InChI=1S/C9H16N2O3S/c1-3-8(7-12)10-15(13,14)9-4-5-11(2)6-9/h4-6,8,10,12H,3,7H2,1-2H3/t8-/m0/s1. The maximum Gasteiger partial charge on any atom is 0.242 e. The normalized spacial score (nSPS) is 14.1. The lowest BCUT2D eigenvalue weighted by Crippen LogP contribution is -2.36. The molecule has 1 rings (SSSR count). The molecule has 0 aliphatic carbocycles. The summed E-state index contributed by atoms with van der Waals surface area (Å²) in [6.45, 7) is 1.62. The summed E-state index contributed by atoms with van der Waals surface area (Å²) < 4.78 is 27.6. The molecule has 1 atom stereocenters. The third kappa shape index (κ3) is 3.05. The van der Waals surface area contributed by atoms with Gasteiger partial charge in [-0.25, -0.2) is 13.1 Å². The predicted molar refractivity (Wildman–Crippen MR) is 56.9 cm³/mol. The first-order valence-corrected chi connectivity index (χ1v) is 6.23. The molecule has 6 heteroatoms. The van der Waals surface area contributed by atoms with Crippen molar-refractivity contribution in [3.8, 4) is 0 Å². The summed E-state index contributed by atoms with van der Waals surface area (Å²) in [5.41, 5.74) is 0. The molecule has 0 radical (unpaired) electrons. The molecule has 1 aromatic rings. The van der Waals surface area contributed by atoms with Gasteiger partial charge in [0.05, 0.1) is 11.5 Å². The van der Waals surface area contributed by atoms with Crippen LogP contribution in [0.1, 0.15) is 13.3 Å². The van der Waals surface area contributed by atoms with Crippen LogP contribution in [0.15, 0.2) is 23.4 Å². The fourth-order valence-electron chi connectivity index (χ4n) is 1.17. The van der Waals surface area contributed by atoms with Gasteiger partial charge in [-0.3, -0.25) is 0 Å². The largest absolute Gasteiger partial charge is 0.395 e. The Morgan fingerprint density at radius 1 is 1.60 bits per heavy atom. The van der Waals surface area contributed by atoms with E-state index < -0.39 is 16.1 Å². The molecule has 0 saturated heterocycles. The van der Waals surface area contributed by atoms with Gasteiger partial charge in [-0.05, 0) is 12.5 Å². The highest BCUT2D eigenvalue weighted by molar-refractivity contribution is 7.89. The fraction of sp³-hybridized carbons (Fsp3) is 0.556. The molecular formula is C9H16N2O3S. The smallest absolute Gasteiger partial charge is 0.242 e. The van der Waals surface area contributed by atoms with Crippen molar-refractivity contribution >= 4 is 10.0 Å². The number of aliphatic hydroxyl groups is 1. The topological polar surface area (TPSA) is 71.3 Å². The van der Waals surface area contributed by atoms with Gasteiger partial charge in [-0.2, -0.15) is 0 Å². The van der Waals surface area contributed by atoms with Crippen molar-refractivity contribution in [3.63, 3.8) is 0 Å². The summed E-state index contributed by atoms with van der Waals surface area (Å²) in [4.78, 5) is 0.219. The second kappa shape index (κ2) is 4.78. The number of rotatable bonds is 5. The zero-order valence-corrected chi connectivity index (χ0v) is 9.66. The molecule has 5 nitrogen and oxygen atoms in total. The first kappa shape index (κ1) is 12.2. The van der Waals surface area contributed by atoms with Crippen molar-refractivity contribution in [3.05, 3.63) is 18.5 Å². The Labute approximate surface area is 89.8 Å². The zero-order valence-electron chi connectivity index (χ0n) is 8.84. The van der Waals surface area contributed by atoms with E-state index in [9.17, 15) is 8.42 Å². The van der Waals surface area contributed by atoms with E-state index in [2.05, 4.69) is 4.72 Å². The molecule has 0 saturated carbocycles. The van der Waals surface area contributed by atoms with Crippen molar-refractivity contribution in [2.45, 2.75) is 24.3 Å². The van der Waals surface area contributed by atoms with Gasteiger partial charge in [0.1, 0.15) is 0 Å². The summed E-state index contributed by atoms with van der Waals surface area (Å²) >= 11 is 0. The summed E-state index contributed by atoms with van der Waals surface area (Å²) in [5, 5.41) is 8.91. The monoisotopic (exact) mass is 232 g/mol. The second-order valence-electron chi connectivity index (χ2n) is 3.42. The van der Waals surface area contributed by atoms with Gasteiger partial charge in [0.15, 0.2) is 0 Å². The molecule has 0 aliphatic rings. The average Bonchev–Trinajstić information content (AvgIpc) is 2.62. The van der Waals surface area contributed by atoms with Crippen LogP contribution in [-0.2, 0) is 17.1 Å². The van der Waals surface area contributed by atoms with Crippen LogP contribution in [0.4, 0.5) is 0 Å². The van der Waals surface area contributed by atoms with Crippen LogP contribution >= 0.6 is 0 Å². The van der Waals surface area contributed by atoms with Crippen LogP contribution in [-0.4, -0.2) is 30.7 Å². The van der Waals surface area contributed by atoms with E-state index in [4.69, 9.17) is 5.11 Å². The number of sulfonamides is 1. The second-order valence-corrected chi connectivity index (χ2v) is 5.14. The van der Waals surface area contributed by atoms with Gasteiger partial charge in [0.2, 0.25) is 10.0 Å². The van der Waals surface area contributed by atoms with E-state index in [1.54, 1.807) is 17.8 Å². The summed E-state index contributed by atoms with van der Waals surface area (Å²) in [7, 11) is -1.74. The highest BCUT2D eigenvalue weighted by Gasteiger charge is 2.18. The molecule has 15 heavy (non-hydrogen) atoms. The number of aromatic nitrogens is 1. The Balaban J connectivity index is 2.84. The van der Waals surface area contributed by atoms with Crippen LogP contribution < -0.4 is 4.72 Å². The molecule has 86 valence electrons. The SMILES string of the molecule is CC[C@@H](CO)NS(=O)(=O)c1ccn(C)c1. The summed E-state index contributed by atoms with van der Waals surface area (Å²) in [5.74, 6) is 0. The molecule has 0 aliphatic heterocycles. The van der Waals surface area contributed by atoms with Crippen LogP contribution in [0, 0.1) is 0 Å². The number of hydrogen-bond donors (Lipinski definition) is 2. The third-order valence-corrected chi connectivity index (χ3v) is 3.66. The van der Waals surface area contributed by atoms with E-state index >= 15 is 0 Å². The number of nitrogens with zero attached hydrogens (tertiary/aromatic N) is 1. The minimum atomic E-state index is -3.49. The van der Waals surface area contributed by atoms with Crippen molar-refractivity contribution in [1.29, 1.82) is 0 Å². The predicted octanol–water partition coefficient (Wildman–Crippen LogP) is 0.0743. The third-order valence-electron chi connectivity index (χ3n) is 2.15. The van der Waals surface area contributed by atoms with E-state index in [1.165, 1.54) is 12.3 Å². The maximum atomic E-state index is 11.7. The molecule has 0 amide bonds. The molecule has 1 aromatic heterocycles. The fourth-order valence-corrected chi connectivity index (χ4v) is 2.54. The van der Waals surface area contributed by atoms with E-state index in [0.717, 1.165) is 0 Å². The Morgan fingerprint density at radius 3 is 2.67 bits per heavy atom. The van der Waals surface area contributed by atoms with Crippen LogP contribution in [0.3, 0.4) is 0 Å². The zero-order chi connectivity index (χ0) is 11.5. The first-order valence-electron chi connectivity index (χ1n) is 4.74. The summed E-state index contributed by atoms with van der Waals surface area (Å²) in [6.07, 6.45) is 3.74. The van der Waals surface area contributed by atoms with Gasteiger partial charge in [-0.1, -0.05) is 6.92 Å². The van der Waals surface area contributed by atoms with Gasteiger partial charge in [0, 0.05) is 25.5 Å². The van der Waals surface area contributed by atoms with Crippen LogP contribution in [0.25, 0.3) is 0 Å². The van der Waals surface area contributed by atoms with Gasteiger partial charge in [0.25, 0.3) is 0 Å². The highest BCUT2D eigenvalue weighted by atomic mass is 32.2. The van der Waals surface area contributed by atoms with Gasteiger partial charge < -0.3 is 9.67 Å². The van der Waals surface area contributed by atoms with Gasteiger partial charge in [-0.15, -0.1) is 0 Å². The summed E-state index contributed by atoms with van der Waals surface area (Å²) in [6, 6.07) is 1.10. The minimum absolute atomic E-state index is 0.192. The van der Waals surface area contributed by atoms with Gasteiger partial charge >= 0.3 is 0 Å². The molecule has 0 bridgehead atoms. The van der Waals surface area contributed by atoms with Crippen LogP contribution in [0.5, 0.6) is 0 Å². The Bertz CT molecular complexity index is 407. The highest BCUT2D eigenvalue weighted by Crippen LogP contribution is 2.09. The molecule has 1 heterocycles. The number of hydrogen-bond acceptors (Lipinski definition) is 3. The number of aliphatic hydroxyl groups excluding tert-OH is 1. The van der Waals surface area contributed by atoms with E-state index in [1.807, 2.05) is 6.92 Å². The molecule has 0 spiro atoms. The Hall–Kier alpha value is -0.850. The van der Waals surface area contributed by atoms with Crippen molar-refractivity contribution < 1.29 is 13.5 Å². The molecule has 0 unspecified atom stereocenters. The van der Waals surface area contributed by atoms with Crippen molar-refractivity contribution in [2.75, 3.05) is 6.61 Å².